The number of carbonyl (C=O) groups is 1. The summed E-state index contributed by atoms with van der Waals surface area (Å²) in [7, 11) is 1.95. The molecular weight excluding hydrogens is 569 g/mol. The topological polar surface area (TPSA) is 79.6 Å². The highest BCUT2D eigenvalue weighted by Crippen LogP contribution is 2.55. The molecule has 224 valence electrons. The van der Waals surface area contributed by atoms with E-state index in [1.165, 1.54) is 6.07 Å². The van der Waals surface area contributed by atoms with Gasteiger partial charge in [-0.15, -0.1) is 0 Å². The van der Waals surface area contributed by atoms with Crippen LogP contribution >= 0.6 is 0 Å². The summed E-state index contributed by atoms with van der Waals surface area (Å²) in [6.45, 7) is 2.96. The second kappa shape index (κ2) is 11.6. The highest BCUT2D eigenvalue weighted by atomic mass is 19.4. The molecule has 0 spiro atoms. The van der Waals surface area contributed by atoms with Crippen LogP contribution in [-0.2, 0) is 22.6 Å². The van der Waals surface area contributed by atoms with Gasteiger partial charge in [0, 0.05) is 43.7 Å². The van der Waals surface area contributed by atoms with Crippen LogP contribution in [-0.4, -0.2) is 66.2 Å². The minimum Gasteiger partial charge on any atom is -0.369 e. The van der Waals surface area contributed by atoms with Crippen molar-refractivity contribution in [1.82, 2.24) is 9.80 Å². The maximum absolute atomic E-state index is 14.8. The van der Waals surface area contributed by atoms with Crippen LogP contribution in [0.2, 0.25) is 0 Å². The molecule has 1 aliphatic heterocycles. The number of piperazine rings is 1. The molecule has 6 nitrogen and oxygen atoms in total. The maximum atomic E-state index is 14.8. The predicted octanol–water partition coefficient (Wildman–Crippen LogP) is 4.78. The highest BCUT2D eigenvalue weighted by molar-refractivity contribution is 6.00. The number of hydrogen-bond acceptors (Lipinski definition) is 5. The Bertz CT molecular complexity index is 1440. The number of amides is 1. The molecular formula is C29H27F7N4O2. The SMILES string of the molecule is CN1CCN(CC#CC(O)(CC2(c3cc(C(F)(F)F)ccc3F)CC2)C(=O)Nc2ccc(C#N)c(C(F)(F)F)c2)CC1. The number of likely N-dealkylation sites (N-methyl/N-ethyl adjacent to an activating group) is 1. The molecule has 2 N–H and O–H groups in total. The van der Waals surface area contributed by atoms with Gasteiger partial charge in [0.1, 0.15) is 5.82 Å². The van der Waals surface area contributed by atoms with E-state index in [1.54, 1.807) is 0 Å². The van der Waals surface area contributed by atoms with E-state index in [0.29, 0.717) is 37.4 Å². The van der Waals surface area contributed by atoms with Gasteiger partial charge in [-0.05, 0) is 61.9 Å². The van der Waals surface area contributed by atoms with Gasteiger partial charge in [0.05, 0.1) is 29.3 Å². The summed E-state index contributed by atoms with van der Waals surface area (Å²) in [5.41, 5.74) is -7.77. The molecule has 0 aromatic heterocycles. The first-order chi connectivity index (χ1) is 19.6. The maximum Gasteiger partial charge on any atom is 0.417 e. The molecule has 1 amide bonds. The summed E-state index contributed by atoms with van der Waals surface area (Å²) >= 11 is 0. The summed E-state index contributed by atoms with van der Waals surface area (Å²) in [6.07, 6.45) is -9.97. The summed E-state index contributed by atoms with van der Waals surface area (Å²) < 4.78 is 95.4. The van der Waals surface area contributed by atoms with E-state index in [0.717, 1.165) is 25.2 Å². The number of carbonyl (C=O) groups excluding carboxylic acids is 1. The zero-order chi connectivity index (χ0) is 30.9. The normalized spacial score (nSPS) is 18.8. The Morgan fingerprint density at radius 1 is 1.02 bits per heavy atom. The lowest BCUT2D eigenvalue weighted by Gasteiger charge is -2.31. The lowest BCUT2D eigenvalue weighted by atomic mass is 9.82. The Morgan fingerprint density at radius 3 is 2.26 bits per heavy atom. The molecule has 0 radical (unpaired) electrons. The van der Waals surface area contributed by atoms with Crippen LogP contribution in [0.25, 0.3) is 0 Å². The standard InChI is InChI=1S/C29H27F7N4O2/c1-39-11-13-40(14-12-39)10-2-7-27(42,25(41)38-21-5-3-19(17-37)22(16-21)29(34,35)36)18-26(8-9-26)23-15-20(28(31,32)33)4-6-24(23)30/h3-6,15-16,42H,8-14,18H2,1H3,(H,38,41). The quantitative estimate of drug-likeness (QED) is 0.371. The van der Waals surface area contributed by atoms with Crippen LogP contribution < -0.4 is 5.32 Å². The van der Waals surface area contributed by atoms with Crippen molar-refractivity contribution in [2.75, 3.05) is 45.1 Å². The average molecular weight is 597 g/mol. The number of halogens is 7. The summed E-state index contributed by atoms with van der Waals surface area (Å²) in [5.74, 6) is 3.04. The van der Waals surface area contributed by atoms with Crippen LogP contribution in [0.5, 0.6) is 0 Å². The first-order valence-corrected chi connectivity index (χ1v) is 13.0. The molecule has 0 bridgehead atoms. The second-order valence-corrected chi connectivity index (χ2v) is 10.7. The third kappa shape index (κ3) is 7.04. The van der Waals surface area contributed by atoms with Crippen molar-refractivity contribution < 1.29 is 40.6 Å². The largest absolute Gasteiger partial charge is 0.417 e. The van der Waals surface area contributed by atoms with Crippen molar-refractivity contribution in [1.29, 1.82) is 5.26 Å². The van der Waals surface area contributed by atoms with E-state index in [9.17, 15) is 40.6 Å². The third-order valence-electron chi connectivity index (χ3n) is 7.59. The summed E-state index contributed by atoms with van der Waals surface area (Å²) in [5, 5.41) is 22.8. The smallest absolute Gasteiger partial charge is 0.369 e. The number of aliphatic hydroxyl groups is 1. The molecule has 2 aliphatic rings. The summed E-state index contributed by atoms with van der Waals surface area (Å²) in [6, 6.07) is 5.77. The lowest BCUT2D eigenvalue weighted by Crippen LogP contribution is -2.46. The Labute approximate surface area is 237 Å². The van der Waals surface area contributed by atoms with E-state index in [1.807, 2.05) is 11.9 Å². The monoisotopic (exact) mass is 596 g/mol. The van der Waals surface area contributed by atoms with Gasteiger partial charge in [0.15, 0.2) is 0 Å². The molecule has 1 heterocycles. The van der Waals surface area contributed by atoms with Gasteiger partial charge >= 0.3 is 12.4 Å². The third-order valence-corrected chi connectivity index (χ3v) is 7.59. The zero-order valence-corrected chi connectivity index (χ0v) is 22.5. The fourth-order valence-corrected chi connectivity index (χ4v) is 4.96. The van der Waals surface area contributed by atoms with E-state index >= 15 is 0 Å². The molecule has 1 unspecified atom stereocenters. The van der Waals surface area contributed by atoms with Crippen LogP contribution in [0.15, 0.2) is 36.4 Å². The average Bonchev–Trinajstić information content (AvgIpc) is 3.68. The van der Waals surface area contributed by atoms with Crippen molar-refractivity contribution >= 4 is 11.6 Å². The van der Waals surface area contributed by atoms with Gasteiger partial charge in [-0.25, -0.2) is 4.39 Å². The molecule has 2 aromatic rings. The van der Waals surface area contributed by atoms with Crippen LogP contribution in [0.4, 0.5) is 36.4 Å². The van der Waals surface area contributed by atoms with E-state index in [2.05, 4.69) is 22.1 Å². The fraction of sp³-hybridized carbons (Fsp3) is 0.448. The van der Waals surface area contributed by atoms with Crippen molar-refractivity contribution in [3.05, 3.63) is 64.5 Å². The first-order valence-electron chi connectivity index (χ1n) is 13.0. The summed E-state index contributed by atoms with van der Waals surface area (Å²) in [4.78, 5) is 17.5. The van der Waals surface area contributed by atoms with Gasteiger partial charge in [0.2, 0.25) is 5.60 Å². The lowest BCUT2D eigenvalue weighted by molar-refractivity contribution is -0.138. The van der Waals surface area contributed by atoms with Crippen LogP contribution in [0.3, 0.4) is 0 Å². The fourth-order valence-electron chi connectivity index (χ4n) is 4.96. The highest BCUT2D eigenvalue weighted by Gasteiger charge is 2.54. The van der Waals surface area contributed by atoms with Crippen molar-refractivity contribution in [3.8, 4) is 17.9 Å². The number of alkyl halides is 6. The van der Waals surface area contributed by atoms with Crippen LogP contribution in [0.1, 0.15) is 41.5 Å². The Morgan fingerprint density at radius 2 is 1.69 bits per heavy atom. The minimum absolute atomic E-state index is 0.142. The molecule has 2 aromatic carbocycles. The zero-order valence-electron chi connectivity index (χ0n) is 22.5. The second-order valence-electron chi connectivity index (χ2n) is 10.7. The molecule has 1 saturated heterocycles. The number of rotatable bonds is 6. The molecule has 2 fully saturated rings. The molecule has 1 saturated carbocycles. The van der Waals surface area contributed by atoms with Crippen molar-refractivity contribution in [3.63, 3.8) is 0 Å². The Kier molecular flexibility index (Phi) is 8.61. The van der Waals surface area contributed by atoms with Gasteiger partial charge in [0.25, 0.3) is 5.91 Å². The van der Waals surface area contributed by atoms with Gasteiger partial charge in [-0.1, -0.05) is 11.8 Å². The molecule has 4 rings (SSSR count). The van der Waals surface area contributed by atoms with Crippen LogP contribution in [0, 0.1) is 29.0 Å². The van der Waals surface area contributed by atoms with Crippen molar-refractivity contribution in [2.45, 2.75) is 42.6 Å². The van der Waals surface area contributed by atoms with E-state index in [4.69, 9.17) is 5.26 Å². The Hall–Kier alpha value is -3.65. The van der Waals surface area contributed by atoms with Gasteiger partial charge < -0.3 is 15.3 Å². The number of hydrogen-bond donors (Lipinski definition) is 2. The van der Waals surface area contributed by atoms with E-state index < -0.39 is 58.2 Å². The number of nitrogens with one attached hydrogen (secondary N) is 1. The molecule has 1 aliphatic carbocycles. The predicted molar refractivity (Wildman–Crippen MR) is 138 cm³/mol. The Balaban J connectivity index is 1.67. The number of anilines is 1. The van der Waals surface area contributed by atoms with Gasteiger partial charge in [-0.3, -0.25) is 9.69 Å². The van der Waals surface area contributed by atoms with Crippen molar-refractivity contribution in [2.24, 2.45) is 0 Å². The number of nitriles is 1. The number of nitrogens with zero attached hydrogens (tertiary/aromatic N) is 3. The van der Waals surface area contributed by atoms with Gasteiger partial charge in [-0.2, -0.15) is 31.6 Å². The number of benzene rings is 2. The molecule has 1 atom stereocenters. The first kappa shape index (κ1) is 31.3. The molecule has 42 heavy (non-hydrogen) atoms. The van der Waals surface area contributed by atoms with E-state index in [-0.39, 0.29) is 30.6 Å². The minimum atomic E-state index is -4.91. The molecule has 13 heteroatoms.